The molecule has 0 aliphatic heterocycles. The lowest BCUT2D eigenvalue weighted by Gasteiger charge is -2.22. The molecule has 0 aliphatic rings. The molecular weight excluding hydrogens is 330 g/mol. The average molecular weight is 357 g/mol. The van der Waals surface area contributed by atoms with E-state index >= 15 is 0 Å². The third-order valence-corrected chi connectivity index (χ3v) is 4.03. The van der Waals surface area contributed by atoms with E-state index in [1.54, 1.807) is 0 Å². The maximum Gasteiger partial charge on any atom is 0.519 e. The lowest BCUT2D eigenvalue weighted by atomic mass is 9.99. The maximum absolute atomic E-state index is 12.3. The minimum Gasteiger partial charge on any atom is -0.456 e. The summed E-state index contributed by atoms with van der Waals surface area (Å²) in [6.45, 7) is 5.18. The number of amides is 1. The van der Waals surface area contributed by atoms with Crippen molar-refractivity contribution in [2.24, 2.45) is 5.92 Å². The number of carbonyl (C=O) groups excluding carboxylic acids is 2. The highest BCUT2D eigenvalue weighted by Crippen LogP contribution is 2.13. The number of hydrogen-bond donors (Lipinski definition) is 2. The van der Waals surface area contributed by atoms with E-state index in [1.807, 2.05) is 13.8 Å². The molecule has 1 aromatic heterocycles. The Morgan fingerprint density at radius 3 is 2.52 bits per heavy atom. The van der Waals surface area contributed by atoms with Crippen molar-refractivity contribution in [1.29, 1.82) is 0 Å². The van der Waals surface area contributed by atoms with Gasteiger partial charge in [0, 0.05) is 13.0 Å². The second-order valence-corrected chi connectivity index (χ2v) is 6.01. The molecule has 0 bridgehead atoms. The normalized spacial score (nSPS) is 13.3. The van der Waals surface area contributed by atoms with Gasteiger partial charge in [-0.25, -0.2) is 9.59 Å². The van der Waals surface area contributed by atoms with Crippen molar-refractivity contribution in [1.82, 2.24) is 5.32 Å². The van der Waals surface area contributed by atoms with E-state index < -0.39 is 17.8 Å². The molecule has 1 heterocycles. The van der Waals surface area contributed by atoms with Gasteiger partial charge in [-0.1, -0.05) is 26.7 Å². The summed E-state index contributed by atoms with van der Waals surface area (Å²) in [5.41, 5.74) is 0. The molecule has 25 heavy (non-hydrogen) atoms. The number of hydrogen-bond acceptors (Lipinski definition) is 7. The Labute approximate surface area is 146 Å². The number of aliphatic hydroxyl groups is 1. The van der Waals surface area contributed by atoms with E-state index in [2.05, 4.69) is 5.32 Å². The Morgan fingerprint density at radius 2 is 1.96 bits per heavy atom. The summed E-state index contributed by atoms with van der Waals surface area (Å²) in [6.07, 6.45) is 3.02. The van der Waals surface area contributed by atoms with E-state index in [1.165, 1.54) is 6.92 Å². The number of aryl methyl sites for hydroxylation is 1. The molecule has 0 fully saturated rings. The molecule has 1 rings (SSSR count). The number of ether oxygens (including phenoxy) is 1. The molecule has 0 spiro atoms. The highest BCUT2D eigenvalue weighted by atomic mass is 16.6. The van der Waals surface area contributed by atoms with Crippen molar-refractivity contribution in [2.45, 2.75) is 65.5 Å². The van der Waals surface area contributed by atoms with Crippen LogP contribution in [-0.2, 0) is 20.9 Å². The summed E-state index contributed by atoms with van der Waals surface area (Å²) in [5.74, 6) is -1.36. The first-order chi connectivity index (χ1) is 11.9. The molecule has 2 N–H and O–H groups in total. The van der Waals surface area contributed by atoms with Gasteiger partial charge in [-0.2, -0.15) is 0 Å². The smallest absolute Gasteiger partial charge is 0.456 e. The first-order valence-corrected chi connectivity index (χ1v) is 8.55. The van der Waals surface area contributed by atoms with Crippen LogP contribution in [0, 0.1) is 12.8 Å². The fraction of sp³-hybridized carbons (Fsp3) is 0.706. The van der Waals surface area contributed by atoms with Gasteiger partial charge in [0.05, 0.1) is 0 Å². The largest absolute Gasteiger partial charge is 0.519 e. The van der Waals surface area contributed by atoms with E-state index in [9.17, 15) is 14.4 Å². The van der Waals surface area contributed by atoms with Crippen molar-refractivity contribution < 1.29 is 28.3 Å². The Bertz CT molecular complexity index is 604. The number of rotatable bonds is 11. The molecule has 0 aliphatic carbocycles. The Hall–Kier alpha value is -2.09. The second kappa shape index (κ2) is 10.7. The predicted molar refractivity (Wildman–Crippen MR) is 88.7 cm³/mol. The highest BCUT2D eigenvalue weighted by Gasteiger charge is 2.27. The van der Waals surface area contributed by atoms with Crippen LogP contribution < -0.4 is 11.1 Å². The third-order valence-electron chi connectivity index (χ3n) is 4.03. The van der Waals surface area contributed by atoms with Gasteiger partial charge in [0.1, 0.15) is 6.04 Å². The third kappa shape index (κ3) is 7.13. The van der Waals surface area contributed by atoms with Crippen molar-refractivity contribution in [3.05, 3.63) is 22.1 Å². The first kappa shape index (κ1) is 21.0. The molecule has 1 amide bonds. The average Bonchev–Trinajstić information content (AvgIpc) is 2.91. The summed E-state index contributed by atoms with van der Waals surface area (Å²) >= 11 is 0. The molecule has 1 aromatic rings. The summed E-state index contributed by atoms with van der Waals surface area (Å²) in [5, 5.41) is 11.4. The van der Waals surface area contributed by atoms with Crippen molar-refractivity contribution >= 4 is 11.9 Å². The Kier molecular flexibility index (Phi) is 8.98. The zero-order valence-electron chi connectivity index (χ0n) is 15.0. The topological polar surface area (TPSA) is 119 Å². The van der Waals surface area contributed by atoms with Crippen LogP contribution in [0.25, 0.3) is 0 Å². The van der Waals surface area contributed by atoms with Crippen molar-refractivity contribution in [3.63, 3.8) is 0 Å². The van der Waals surface area contributed by atoms with Crippen LogP contribution in [0.1, 0.15) is 57.5 Å². The second-order valence-electron chi connectivity index (χ2n) is 6.01. The van der Waals surface area contributed by atoms with E-state index in [4.69, 9.17) is 18.7 Å². The van der Waals surface area contributed by atoms with E-state index in [-0.39, 0.29) is 43.0 Å². The van der Waals surface area contributed by atoms with Crippen LogP contribution in [-0.4, -0.2) is 29.6 Å². The lowest BCUT2D eigenvalue weighted by Crippen LogP contribution is -2.45. The maximum atomic E-state index is 12.3. The summed E-state index contributed by atoms with van der Waals surface area (Å²) < 4.78 is 14.7. The first-order valence-electron chi connectivity index (χ1n) is 8.55. The SMILES string of the molecule is CCC(C)C(NC(=O)CCCCCO)C(=O)OCc1oc(=O)oc1C. The minimum atomic E-state index is -0.849. The molecular formula is C17H27NO7. The number of esters is 1. The van der Waals surface area contributed by atoms with Gasteiger partial charge in [0.2, 0.25) is 5.91 Å². The number of unbranched alkanes of at least 4 members (excludes halogenated alkanes) is 2. The Morgan fingerprint density at radius 1 is 1.24 bits per heavy atom. The number of aliphatic hydroxyl groups excluding tert-OH is 1. The summed E-state index contributed by atoms with van der Waals surface area (Å²) in [7, 11) is 0. The summed E-state index contributed by atoms with van der Waals surface area (Å²) in [4.78, 5) is 35.3. The standard InChI is InChI=1S/C17H27NO7/c1-4-11(2)15(18-14(20)8-6-5-7-9-19)16(21)23-10-13-12(3)24-17(22)25-13/h11,15,19H,4-10H2,1-3H3,(H,18,20). The number of nitrogens with one attached hydrogen (secondary N) is 1. The van der Waals surface area contributed by atoms with Crippen LogP contribution in [0.4, 0.5) is 0 Å². The van der Waals surface area contributed by atoms with E-state index in [0.29, 0.717) is 19.3 Å². The molecule has 2 atom stereocenters. The van der Waals surface area contributed by atoms with Crippen LogP contribution in [0.2, 0.25) is 0 Å². The predicted octanol–water partition coefficient (Wildman–Crippen LogP) is 1.67. The van der Waals surface area contributed by atoms with Gasteiger partial charge in [-0.05, 0) is 25.7 Å². The molecule has 2 unspecified atom stereocenters. The van der Waals surface area contributed by atoms with Crippen LogP contribution >= 0.6 is 0 Å². The zero-order valence-corrected chi connectivity index (χ0v) is 15.0. The van der Waals surface area contributed by atoms with Crippen molar-refractivity contribution in [2.75, 3.05) is 6.61 Å². The molecule has 142 valence electrons. The van der Waals surface area contributed by atoms with E-state index in [0.717, 1.165) is 6.42 Å². The van der Waals surface area contributed by atoms with Gasteiger partial charge in [-0.15, -0.1) is 0 Å². The zero-order chi connectivity index (χ0) is 18.8. The Balaban J connectivity index is 2.58. The molecule has 0 saturated carbocycles. The molecule has 0 aromatic carbocycles. The fourth-order valence-electron chi connectivity index (χ4n) is 2.22. The van der Waals surface area contributed by atoms with Gasteiger partial charge in [-0.3, -0.25) is 4.79 Å². The quantitative estimate of drug-likeness (QED) is 0.456. The fourth-order valence-corrected chi connectivity index (χ4v) is 2.22. The van der Waals surface area contributed by atoms with Gasteiger partial charge < -0.3 is 24.0 Å². The molecule has 8 heteroatoms. The molecule has 0 radical (unpaired) electrons. The van der Waals surface area contributed by atoms with Gasteiger partial charge in [0.25, 0.3) is 0 Å². The summed E-state index contributed by atoms with van der Waals surface area (Å²) in [6, 6.07) is -0.769. The van der Waals surface area contributed by atoms with Crippen LogP contribution in [0.5, 0.6) is 0 Å². The monoisotopic (exact) mass is 357 g/mol. The van der Waals surface area contributed by atoms with Gasteiger partial charge >= 0.3 is 11.8 Å². The molecule has 0 saturated heterocycles. The lowest BCUT2D eigenvalue weighted by molar-refractivity contribution is -0.151. The highest BCUT2D eigenvalue weighted by molar-refractivity contribution is 5.84. The van der Waals surface area contributed by atoms with Crippen LogP contribution in [0.15, 0.2) is 13.6 Å². The van der Waals surface area contributed by atoms with Crippen molar-refractivity contribution in [3.8, 4) is 0 Å². The number of carbonyl (C=O) groups is 2. The molecule has 8 nitrogen and oxygen atoms in total. The van der Waals surface area contributed by atoms with Gasteiger partial charge in [0.15, 0.2) is 18.1 Å². The minimum absolute atomic E-state index is 0.104. The van der Waals surface area contributed by atoms with Crippen LogP contribution in [0.3, 0.4) is 0 Å².